The first kappa shape index (κ1) is 40.8. The van der Waals surface area contributed by atoms with E-state index in [1.54, 1.807) is 64.4 Å². The van der Waals surface area contributed by atoms with Gasteiger partial charge in [0.15, 0.2) is 15.6 Å². The van der Waals surface area contributed by atoms with E-state index in [9.17, 15) is 27.6 Å². The number of rotatable bonds is 14. The van der Waals surface area contributed by atoms with E-state index in [4.69, 9.17) is 19.2 Å². The molecule has 0 unspecified atom stereocenters. The van der Waals surface area contributed by atoms with Gasteiger partial charge in [0, 0.05) is 36.1 Å². The minimum atomic E-state index is -3.66. The van der Waals surface area contributed by atoms with E-state index in [2.05, 4.69) is 16.9 Å². The van der Waals surface area contributed by atoms with Crippen LogP contribution in [0.15, 0.2) is 61.3 Å². The van der Waals surface area contributed by atoms with Gasteiger partial charge in [0.25, 0.3) is 0 Å². The summed E-state index contributed by atoms with van der Waals surface area (Å²) in [6.45, 7) is 14.6. The van der Waals surface area contributed by atoms with Gasteiger partial charge in [0.05, 0.1) is 48.1 Å². The van der Waals surface area contributed by atoms with Gasteiger partial charge in [-0.25, -0.2) is 13.4 Å². The Morgan fingerprint density at radius 2 is 1.79 bits per heavy atom. The molecule has 1 aromatic carbocycles. The van der Waals surface area contributed by atoms with E-state index in [0.717, 1.165) is 0 Å². The average molecular weight is 789 g/mol. The van der Waals surface area contributed by atoms with Crippen LogP contribution in [0.25, 0.3) is 22.3 Å². The monoisotopic (exact) mass is 788 g/mol. The first-order valence-corrected chi connectivity index (χ1v) is 20.7. The zero-order valence-electron chi connectivity index (χ0n) is 33.2. The van der Waals surface area contributed by atoms with Gasteiger partial charge in [-0.15, -0.1) is 6.58 Å². The zero-order chi connectivity index (χ0) is 40.8. The average Bonchev–Trinajstić information content (AvgIpc) is 4.06. The van der Waals surface area contributed by atoms with Gasteiger partial charge in [-0.05, 0) is 69.7 Å². The second-order valence-corrected chi connectivity index (χ2v) is 19.5. The fourth-order valence-electron chi connectivity index (χ4n) is 7.38. The zero-order valence-corrected chi connectivity index (χ0v) is 34.0. The predicted octanol–water partition coefficient (Wildman–Crippen LogP) is 5.26. The lowest BCUT2D eigenvalue weighted by atomic mass is 9.77. The Morgan fingerprint density at radius 1 is 1.05 bits per heavy atom. The molecule has 1 aliphatic heterocycles. The van der Waals surface area contributed by atoms with Crippen molar-refractivity contribution in [3.8, 4) is 22.9 Å². The quantitative estimate of drug-likeness (QED) is 0.167. The van der Waals surface area contributed by atoms with E-state index in [1.807, 2.05) is 39.0 Å². The van der Waals surface area contributed by atoms with Crippen molar-refractivity contribution in [2.24, 2.45) is 17.3 Å². The van der Waals surface area contributed by atoms with Crippen molar-refractivity contribution in [2.75, 3.05) is 19.4 Å². The van der Waals surface area contributed by atoms with Crippen LogP contribution in [0.4, 0.5) is 0 Å². The fourth-order valence-corrected chi connectivity index (χ4v) is 9.09. The third-order valence-electron chi connectivity index (χ3n) is 10.7. The predicted molar refractivity (Wildman–Crippen MR) is 210 cm³/mol. The molecule has 6 rings (SSSR count). The van der Waals surface area contributed by atoms with Crippen molar-refractivity contribution in [2.45, 2.75) is 102 Å². The second kappa shape index (κ2) is 15.2. The summed E-state index contributed by atoms with van der Waals surface area (Å²) >= 11 is 0. The largest absolute Gasteiger partial charge is 0.497 e. The lowest BCUT2D eigenvalue weighted by Gasteiger charge is -2.35. The third kappa shape index (κ3) is 8.90. The number of aromatic nitrogens is 2. The molecule has 2 aromatic heterocycles. The molecule has 3 aromatic rings. The van der Waals surface area contributed by atoms with E-state index < -0.39 is 84.9 Å². The molecule has 3 fully saturated rings. The van der Waals surface area contributed by atoms with Gasteiger partial charge in [0.1, 0.15) is 40.5 Å². The molecule has 2 saturated carbocycles. The van der Waals surface area contributed by atoms with Crippen LogP contribution in [0.1, 0.15) is 73.6 Å². The molecule has 0 bridgehead atoms. The normalized spacial score (nSPS) is 22.9. The number of methoxy groups -OCH3 is 1. The summed E-state index contributed by atoms with van der Waals surface area (Å²) in [5.41, 5.74) is -1.21. The van der Waals surface area contributed by atoms with Crippen molar-refractivity contribution in [1.29, 1.82) is 0 Å². The summed E-state index contributed by atoms with van der Waals surface area (Å²) in [4.78, 5) is 66.8. The number of pyridine rings is 2. The smallest absolute Gasteiger partial charge is 0.307 e. The van der Waals surface area contributed by atoms with Gasteiger partial charge in [-0.1, -0.05) is 32.9 Å². The summed E-state index contributed by atoms with van der Waals surface area (Å²) in [6, 6.07) is 11.5. The number of hydrogen-bond donors (Lipinski definition) is 1. The molecule has 0 radical (unpaired) electrons. The summed E-state index contributed by atoms with van der Waals surface area (Å²) in [5, 5.41) is 3.02. The van der Waals surface area contributed by atoms with Crippen molar-refractivity contribution in [3.63, 3.8) is 0 Å². The van der Waals surface area contributed by atoms with Crippen molar-refractivity contribution in [3.05, 3.63) is 61.3 Å². The minimum absolute atomic E-state index is 0.0153. The number of likely N-dealkylation sites (tertiary alicyclic amines) is 1. The number of amides is 2. The summed E-state index contributed by atoms with van der Waals surface area (Å²) in [7, 11) is -2.10. The van der Waals surface area contributed by atoms with E-state index in [1.165, 1.54) is 4.90 Å². The highest BCUT2D eigenvalue weighted by atomic mass is 32.2. The van der Waals surface area contributed by atoms with E-state index in [0.29, 0.717) is 46.6 Å². The summed E-state index contributed by atoms with van der Waals surface area (Å²) in [6.07, 6.45) is 3.56. The van der Waals surface area contributed by atoms with Crippen molar-refractivity contribution >= 4 is 44.3 Å². The highest BCUT2D eigenvalue weighted by Gasteiger charge is 2.61. The number of nitrogens with zero attached hydrogens (tertiary/aromatic N) is 3. The van der Waals surface area contributed by atoms with E-state index in [-0.39, 0.29) is 25.8 Å². The number of Topliss-reactive ketones (excluding diaryl/α,β-unsaturated/α-hetero) is 1. The number of carbonyl (C=O) groups excluding carboxylic acids is 4. The molecular formula is C42H52N4O9S. The van der Waals surface area contributed by atoms with Crippen LogP contribution in [0, 0.1) is 17.3 Å². The Balaban J connectivity index is 1.34. The maximum Gasteiger partial charge on any atom is 0.307 e. The number of esters is 1. The lowest BCUT2D eigenvalue weighted by Crippen LogP contribution is -2.55. The number of fused-ring (bicyclic) bond motifs is 1. The number of ketones is 1. The molecular weight excluding hydrogens is 737 g/mol. The highest BCUT2D eigenvalue weighted by Crippen LogP contribution is 2.47. The van der Waals surface area contributed by atoms with Crippen LogP contribution in [0.2, 0.25) is 0 Å². The Hall–Kier alpha value is -4.85. The maximum absolute atomic E-state index is 14.7. The van der Waals surface area contributed by atoms with Gasteiger partial charge in [-0.2, -0.15) is 0 Å². The Kier molecular flexibility index (Phi) is 11.1. The molecule has 14 heteroatoms. The molecule has 1 N–H and O–H groups in total. The molecule has 5 atom stereocenters. The van der Waals surface area contributed by atoms with Crippen LogP contribution < -0.4 is 14.8 Å². The van der Waals surface area contributed by atoms with Crippen LogP contribution in [-0.4, -0.2) is 94.8 Å². The maximum atomic E-state index is 14.7. The molecule has 2 aliphatic carbocycles. The Labute approximate surface area is 328 Å². The third-order valence-corrected chi connectivity index (χ3v) is 12.8. The Morgan fingerprint density at radius 3 is 2.38 bits per heavy atom. The fraction of sp³-hybridized carbons (Fsp3) is 0.524. The molecule has 56 heavy (non-hydrogen) atoms. The molecule has 300 valence electrons. The number of benzene rings is 1. The van der Waals surface area contributed by atoms with Crippen LogP contribution in [-0.2, 0) is 33.8 Å². The van der Waals surface area contributed by atoms with Crippen LogP contribution in [0.5, 0.6) is 11.5 Å². The Bertz CT molecular complexity index is 2140. The molecule has 2 amide bonds. The molecule has 3 heterocycles. The van der Waals surface area contributed by atoms with Crippen molar-refractivity contribution in [1.82, 2.24) is 20.2 Å². The minimum Gasteiger partial charge on any atom is -0.497 e. The van der Waals surface area contributed by atoms with Crippen molar-refractivity contribution < 1.29 is 41.8 Å². The SMILES string of the molecule is C=C[C@@H]1C[C@]1(NC(=O)[C@@H]1C[C@@H](Oc2cc(-c3ccccn3)nc3cc(OC)ccc23)CN1C(=O)[C@@H](CC(=O)OC(C)(C)C)C(C)(C)C)C(=O)CS(=O)(=O)C1CC1. The molecule has 3 aliphatic rings. The topological polar surface area (TPSA) is 171 Å². The molecule has 0 spiro atoms. The second-order valence-electron chi connectivity index (χ2n) is 17.2. The number of sulfone groups is 1. The molecule has 13 nitrogen and oxygen atoms in total. The van der Waals surface area contributed by atoms with Gasteiger partial charge in [0.2, 0.25) is 11.8 Å². The lowest BCUT2D eigenvalue weighted by molar-refractivity contribution is -0.161. The first-order chi connectivity index (χ1) is 26.2. The summed E-state index contributed by atoms with van der Waals surface area (Å²) < 4.78 is 43.5. The number of hydrogen-bond acceptors (Lipinski definition) is 11. The number of carbonyl (C=O) groups is 4. The van der Waals surface area contributed by atoms with Crippen LogP contribution in [0.3, 0.4) is 0 Å². The first-order valence-electron chi connectivity index (χ1n) is 19.0. The van der Waals surface area contributed by atoms with Gasteiger partial charge >= 0.3 is 5.97 Å². The van der Waals surface area contributed by atoms with Gasteiger partial charge < -0.3 is 24.4 Å². The van der Waals surface area contributed by atoms with E-state index >= 15 is 0 Å². The number of ether oxygens (including phenoxy) is 3. The summed E-state index contributed by atoms with van der Waals surface area (Å²) in [5.74, 6) is -3.19. The standard InChI is InChI=1S/C42H52N4O9S/c1-9-25-22-42(25,36(47)24-56(51,52)28-14-15-28)45-38(49)34-19-27(23-46(34)39(50)30(40(2,3)4)20-37(48)55-41(5,6)7)54-35-21-33(31-12-10-11-17-43-31)44-32-18-26(53-8)13-16-29(32)35/h9-13,16-18,21,25,27-28,30,34H,1,14-15,19-20,22-24H2,2-8H3,(H,45,49)/t25-,27-,30-,34+,42-/m1/s1. The van der Waals surface area contributed by atoms with Gasteiger partial charge in [-0.3, -0.25) is 24.2 Å². The molecule has 1 saturated heterocycles. The number of nitrogens with one attached hydrogen (secondary N) is 1. The highest BCUT2D eigenvalue weighted by molar-refractivity contribution is 7.93. The van der Waals surface area contributed by atoms with Crippen LogP contribution >= 0.6 is 0 Å².